The van der Waals surface area contributed by atoms with Crippen molar-refractivity contribution in [3.63, 3.8) is 0 Å². The molecule has 8 heteroatoms. The van der Waals surface area contributed by atoms with E-state index >= 15 is 0 Å². The van der Waals surface area contributed by atoms with Crippen LogP contribution in [0.25, 0.3) is 6.08 Å². The van der Waals surface area contributed by atoms with Crippen LogP contribution < -0.4 is 9.47 Å². The Hall–Kier alpha value is -2.74. The van der Waals surface area contributed by atoms with Gasteiger partial charge in [-0.25, -0.2) is 0 Å². The summed E-state index contributed by atoms with van der Waals surface area (Å²) in [4.78, 5) is 26.6. The smallest absolute Gasteiger partial charge is 0.293 e. The number of halogens is 2. The van der Waals surface area contributed by atoms with Crippen LogP contribution in [-0.2, 0) is 11.4 Å². The lowest BCUT2D eigenvalue weighted by Gasteiger charge is -2.13. The molecule has 0 aromatic heterocycles. The summed E-state index contributed by atoms with van der Waals surface area (Å²) in [7, 11) is 0. The molecule has 33 heavy (non-hydrogen) atoms. The van der Waals surface area contributed by atoms with Gasteiger partial charge in [-0.2, -0.15) is 0 Å². The highest BCUT2D eigenvalue weighted by atomic mass is 79.9. The second-order valence-electron chi connectivity index (χ2n) is 7.10. The lowest BCUT2D eigenvalue weighted by atomic mass is 10.2. The van der Waals surface area contributed by atoms with E-state index in [0.29, 0.717) is 28.0 Å². The third kappa shape index (κ3) is 6.19. The minimum Gasteiger partial charge on any atom is -0.492 e. The Morgan fingerprint density at radius 1 is 0.970 bits per heavy atom. The van der Waals surface area contributed by atoms with Crippen LogP contribution in [0.15, 0.2) is 82.2 Å². The molecule has 1 fully saturated rings. The number of ether oxygens (including phenoxy) is 2. The number of imide groups is 1. The third-order valence-electron chi connectivity index (χ3n) is 4.76. The second-order valence-corrected chi connectivity index (χ2v) is 9.38. The Morgan fingerprint density at radius 3 is 2.45 bits per heavy atom. The summed E-state index contributed by atoms with van der Waals surface area (Å²) in [5.74, 6) is 0.995. The largest absolute Gasteiger partial charge is 0.492 e. The summed E-state index contributed by atoms with van der Waals surface area (Å²) in [5.41, 5.74) is 1.86. The van der Waals surface area contributed by atoms with Crippen molar-refractivity contribution in [1.82, 2.24) is 4.90 Å². The van der Waals surface area contributed by atoms with Crippen molar-refractivity contribution in [1.29, 1.82) is 0 Å². The van der Waals surface area contributed by atoms with Crippen LogP contribution in [0.3, 0.4) is 0 Å². The van der Waals surface area contributed by atoms with Crippen LogP contribution in [0.4, 0.5) is 4.79 Å². The van der Waals surface area contributed by atoms with Crippen LogP contribution in [0.5, 0.6) is 11.5 Å². The fraction of sp³-hybridized carbons (Fsp3) is 0.120. The molecule has 5 nitrogen and oxygen atoms in total. The Labute approximate surface area is 209 Å². The normalized spacial score (nSPS) is 14.7. The van der Waals surface area contributed by atoms with E-state index in [1.54, 1.807) is 30.3 Å². The van der Waals surface area contributed by atoms with E-state index in [-0.39, 0.29) is 24.3 Å². The first-order valence-corrected chi connectivity index (χ1v) is 12.1. The predicted octanol–water partition coefficient (Wildman–Crippen LogP) is 6.80. The van der Waals surface area contributed by atoms with E-state index in [1.165, 1.54) is 4.90 Å². The van der Waals surface area contributed by atoms with Crippen molar-refractivity contribution in [3.8, 4) is 11.5 Å². The minimum absolute atomic E-state index is 0.167. The zero-order valence-electron chi connectivity index (χ0n) is 17.4. The highest BCUT2D eigenvalue weighted by Gasteiger charge is 2.34. The van der Waals surface area contributed by atoms with Crippen LogP contribution in [-0.4, -0.2) is 29.2 Å². The summed E-state index contributed by atoms with van der Waals surface area (Å²) >= 11 is 10.3. The summed E-state index contributed by atoms with van der Waals surface area (Å²) in [6.45, 7) is 0.822. The van der Waals surface area contributed by atoms with Crippen LogP contribution in [0.1, 0.15) is 11.1 Å². The maximum absolute atomic E-state index is 12.7. The highest BCUT2D eigenvalue weighted by Crippen LogP contribution is 2.34. The van der Waals surface area contributed by atoms with Gasteiger partial charge >= 0.3 is 0 Å². The standard InChI is InChI=1S/C25H19BrClNO4S/c26-21-14-18(6-11-22(21)32-16-17-4-2-1-3-5-17)15-23-24(29)28(25(30)33-23)12-13-31-20-9-7-19(27)8-10-20/h1-11,14-15H,12-13,16H2/b23-15-. The van der Waals surface area contributed by atoms with E-state index in [1.807, 2.05) is 48.5 Å². The molecule has 1 saturated heterocycles. The van der Waals surface area contributed by atoms with Gasteiger partial charge in [0.25, 0.3) is 11.1 Å². The van der Waals surface area contributed by atoms with E-state index in [2.05, 4.69) is 15.9 Å². The number of hydrogen-bond donors (Lipinski definition) is 0. The predicted molar refractivity (Wildman–Crippen MR) is 135 cm³/mol. The van der Waals surface area contributed by atoms with Gasteiger partial charge in [-0.3, -0.25) is 14.5 Å². The van der Waals surface area contributed by atoms with Crippen LogP contribution in [0.2, 0.25) is 5.02 Å². The average Bonchev–Trinajstić information content (AvgIpc) is 3.08. The molecule has 3 aromatic rings. The summed E-state index contributed by atoms with van der Waals surface area (Å²) < 4.78 is 12.2. The number of rotatable bonds is 8. The van der Waals surface area contributed by atoms with Crippen LogP contribution >= 0.6 is 39.3 Å². The van der Waals surface area contributed by atoms with Gasteiger partial charge in [0.05, 0.1) is 15.9 Å². The van der Waals surface area contributed by atoms with E-state index in [4.69, 9.17) is 21.1 Å². The molecule has 2 amide bonds. The lowest BCUT2D eigenvalue weighted by molar-refractivity contribution is -0.123. The Morgan fingerprint density at radius 2 is 1.73 bits per heavy atom. The number of carbonyl (C=O) groups is 2. The molecule has 0 unspecified atom stereocenters. The van der Waals surface area contributed by atoms with Gasteiger partial charge in [-0.1, -0.05) is 48.0 Å². The number of hydrogen-bond acceptors (Lipinski definition) is 5. The summed E-state index contributed by atoms with van der Waals surface area (Å²) in [5, 5.41) is 0.300. The SMILES string of the molecule is O=C1S/C(=C\c2ccc(OCc3ccccc3)c(Br)c2)C(=O)N1CCOc1ccc(Cl)cc1. The summed E-state index contributed by atoms with van der Waals surface area (Å²) in [6, 6.07) is 22.3. The number of thioether (sulfide) groups is 1. The number of benzene rings is 3. The van der Waals surface area contributed by atoms with Gasteiger partial charge in [-0.05, 0) is 81.3 Å². The molecule has 168 valence electrons. The van der Waals surface area contributed by atoms with Crippen molar-refractivity contribution in [2.24, 2.45) is 0 Å². The topological polar surface area (TPSA) is 55.8 Å². The van der Waals surface area contributed by atoms with E-state index in [9.17, 15) is 9.59 Å². The summed E-state index contributed by atoms with van der Waals surface area (Å²) in [6.07, 6.45) is 1.71. The molecule has 0 saturated carbocycles. The highest BCUT2D eigenvalue weighted by molar-refractivity contribution is 9.10. The molecule has 0 atom stereocenters. The van der Waals surface area contributed by atoms with Gasteiger partial charge < -0.3 is 9.47 Å². The first kappa shape index (κ1) is 23.4. The number of carbonyl (C=O) groups excluding carboxylic acids is 2. The van der Waals surface area contributed by atoms with Gasteiger partial charge in [0, 0.05) is 5.02 Å². The zero-order chi connectivity index (χ0) is 23.2. The van der Waals surface area contributed by atoms with Crippen molar-refractivity contribution >= 4 is 56.5 Å². The second kappa shape index (κ2) is 10.9. The first-order valence-electron chi connectivity index (χ1n) is 10.1. The molecular weight excluding hydrogens is 526 g/mol. The molecule has 4 rings (SSSR count). The third-order valence-corrected chi connectivity index (χ3v) is 6.54. The monoisotopic (exact) mass is 543 g/mol. The number of nitrogens with zero attached hydrogens (tertiary/aromatic N) is 1. The minimum atomic E-state index is -0.328. The van der Waals surface area contributed by atoms with E-state index in [0.717, 1.165) is 27.4 Å². The van der Waals surface area contributed by atoms with Crippen molar-refractivity contribution < 1.29 is 19.1 Å². The van der Waals surface area contributed by atoms with Gasteiger partial charge in [-0.15, -0.1) is 0 Å². The molecule has 1 aliphatic heterocycles. The molecular formula is C25H19BrClNO4S. The number of amides is 2. The van der Waals surface area contributed by atoms with Gasteiger partial charge in [0.1, 0.15) is 24.7 Å². The lowest BCUT2D eigenvalue weighted by Crippen LogP contribution is -2.32. The first-order chi connectivity index (χ1) is 16.0. The fourth-order valence-electron chi connectivity index (χ4n) is 3.09. The van der Waals surface area contributed by atoms with E-state index < -0.39 is 0 Å². The van der Waals surface area contributed by atoms with Crippen LogP contribution in [0, 0.1) is 0 Å². The molecule has 1 aliphatic rings. The van der Waals surface area contributed by atoms with Gasteiger partial charge in [0.2, 0.25) is 0 Å². The molecule has 0 aliphatic carbocycles. The molecule has 0 N–H and O–H groups in total. The molecule has 3 aromatic carbocycles. The maximum atomic E-state index is 12.7. The Bertz CT molecular complexity index is 1180. The Kier molecular flexibility index (Phi) is 7.75. The van der Waals surface area contributed by atoms with Crippen molar-refractivity contribution in [3.05, 3.63) is 98.3 Å². The van der Waals surface area contributed by atoms with Gasteiger partial charge in [0.15, 0.2) is 0 Å². The molecule has 0 radical (unpaired) electrons. The van der Waals surface area contributed by atoms with Crippen molar-refractivity contribution in [2.45, 2.75) is 6.61 Å². The average molecular weight is 545 g/mol. The maximum Gasteiger partial charge on any atom is 0.293 e. The molecule has 0 bridgehead atoms. The molecule has 1 heterocycles. The quantitative estimate of drug-likeness (QED) is 0.292. The van der Waals surface area contributed by atoms with Crippen molar-refractivity contribution in [2.75, 3.05) is 13.2 Å². The Balaban J connectivity index is 1.36. The molecule has 0 spiro atoms. The fourth-order valence-corrected chi connectivity index (χ4v) is 4.59. The zero-order valence-corrected chi connectivity index (χ0v) is 20.5.